The Morgan fingerprint density at radius 1 is 1.35 bits per heavy atom. The van der Waals surface area contributed by atoms with Gasteiger partial charge in [-0.1, -0.05) is 36.9 Å². The topological polar surface area (TPSA) is 74.2 Å². The lowest BCUT2D eigenvalue weighted by Gasteiger charge is -2.23. The van der Waals surface area contributed by atoms with Gasteiger partial charge < -0.3 is 14.9 Å². The lowest BCUT2D eigenvalue weighted by Crippen LogP contribution is -2.26. The maximum Gasteiger partial charge on any atom is 0.277 e. The molecule has 1 heterocycles. The number of methoxy groups -OCH3 is 1. The zero-order valence-electron chi connectivity index (χ0n) is 11.9. The molecule has 5 nitrogen and oxygen atoms in total. The largest absolute Gasteiger partial charge is 0.496 e. The summed E-state index contributed by atoms with van der Waals surface area (Å²) in [5, 5.41) is 8.42. The Balaban J connectivity index is 2.32. The fourth-order valence-electron chi connectivity index (χ4n) is 1.93. The van der Waals surface area contributed by atoms with Crippen LogP contribution in [0.15, 0.2) is 33.9 Å². The van der Waals surface area contributed by atoms with E-state index >= 15 is 0 Å². The van der Waals surface area contributed by atoms with Crippen molar-refractivity contribution in [2.24, 2.45) is 5.73 Å². The first-order valence-corrected chi connectivity index (χ1v) is 7.39. The molecule has 108 valence electrons. The minimum Gasteiger partial charge on any atom is -0.496 e. The number of para-hydroxylation sites is 1. The van der Waals surface area contributed by atoms with Crippen molar-refractivity contribution < 1.29 is 9.15 Å². The second kappa shape index (κ2) is 6.76. The Labute approximate surface area is 122 Å². The summed E-state index contributed by atoms with van der Waals surface area (Å²) in [6, 6.07) is 7.86. The van der Waals surface area contributed by atoms with Gasteiger partial charge >= 0.3 is 0 Å². The van der Waals surface area contributed by atoms with E-state index in [9.17, 15) is 0 Å². The monoisotopic (exact) mass is 293 g/mol. The molecule has 1 aromatic heterocycles. The average molecular weight is 293 g/mol. The molecule has 2 aromatic rings. The van der Waals surface area contributed by atoms with E-state index in [0.717, 1.165) is 17.7 Å². The second-order valence-corrected chi connectivity index (χ2v) is 5.53. The molecule has 2 atom stereocenters. The summed E-state index contributed by atoms with van der Waals surface area (Å²) in [7, 11) is 1.66. The van der Waals surface area contributed by atoms with Gasteiger partial charge in [-0.05, 0) is 12.5 Å². The number of hydrogen-bond acceptors (Lipinski definition) is 6. The molecule has 0 aliphatic heterocycles. The van der Waals surface area contributed by atoms with E-state index in [0.29, 0.717) is 11.1 Å². The molecular formula is C14H19N3O2S. The Bertz CT molecular complexity index is 559. The molecule has 0 aliphatic rings. The average Bonchev–Trinajstić information content (AvgIpc) is 2.89. The van der Waals surface area contributed by atoms with Crippen molar-refractivity contribution in [2.45, 2.75) is 36.8 Å². The van der Waals surface area contributed by atoms with Crippen LogP contribution >= 0.6 is 11.8 Å². The third-order valence-corrected chi connectivity index (χ3v) is 4.27. The van der Waals surface area contributed by atoms with Gasteiger partial charge in [-0.15, -0.1) is 10.2 Å². The number of ether oxygens (including phenoxy) is 1. The van der Waals surface area contributed by atoms with E-state index in [2.05, 4.69) is 17.1 Å². The first-order valence-electron chi connectivity index (χ1n) is 6.51. The third kappa shape index (κ3) is 3.32. The van der Waals surface area contributed by atoms with Crippen LogP contribution < -0.4 is 10.5 Å². The van der Waals surface area contributed by atoms with Gasteiger partial charge in [0.2, 0.25) is 5.89 Å². The molecule has 0 bridgehead atoms. The van der Waals surface area contributed by atoms with Crippen LogP contribution in [0.3, 0.4) is 0 Å². The zero-order valence-corrected chi connectivity index (χ0v) is 12.7. The summed E-state index contributed by atoms with van der Waals surface area (Å²) >= 11 is 1.48. The molecule has 20 heavy (non-hydrogen) atoms. The van der Waals surface area contributed by atoms with Gasteiger partial charge in [-0.2, -0.15) is 0 Å². The van der Waals surface area contributed by atoms with E-state index in [-0.39, 0.29) is 11.3 Å². The Hall–Kier alpha value is -1.53. The first kappa shape index (κ1) is 14.9. The molecule has 0 saturated heterocycles. The third-order valence-electron chi connectivity index (χ3n) is 3.04. The second-order valence-electron chi connectivity index (χ2n) is 4.44. The Morgan fingerprint density at radius 2 is 2.10 bits per heavy atom. The fourth-order valence-corrected chi connectivity index (χ4v) is 3.09. The van der Waals surface area contributed by atoms with E-state index in [4.69, 9.17) is 14.9 Å². The summed E-state index contributed by atoms with van der Waals surface area (Å²) in [4.78, 5) is 0. The van der Waals surface area contributed by atoms with Gasteiger partial charge in [0.05, 0.1) is 12.4 Å². The van der Waals surface area contributed by atoms with Gasteiger partial charge in [0.15, 0.2) is 0 Å². The normalized spacial score (nSPS) is 14.0. The molecule has 0 fully saturated rings. The van der Waals surface area contributed by atoms with Crippen LogP contribution in [0.25, 0.3) is 0 Å². The SMILES string of the molecule is CCC(N)C(Sc1nnc(C)o1)c1ccccc1OC. The molecule has 0 aliphatic carbocycles. The smallest absolute Gasteiger partial charge is 0.277 e. The number of nitrogens with zero attached hydrogens (tertiary/aromatic N) is 2. The van der Waals surface area contributed by atoms with Crippen molar-refractivity contribution >= 4 is 11.8 Å². The highest BCUT2D eigenvalue weighted by atomic mass is 32.2. The number of thioether (sulfide) groups is 1. The Morgan fingerprint density at radius 3 is 2.70 bits per heavy atom. The van der Waals surface area contributed by atoms with Gasteiger partial charge in [0.1, 0.15) is 5.75 Å². The van der Waals surface area contributed by atoms with E-state index in [1.54, 1.807) is 14.0 Å². The lowest BCUT2D eigenvalue weighted by molar-refractivity contribution is 0.405. The van der Waals surface area contributed by atoms with Gasteiger partial charge in [0, 0.05) is 18.5 Å². The minimum absolute atomic E-state index is 0.0102. The molecule has 0 radical (unpaired) electrons. The highest BCUT2D eigenvalue weighted by Gasteiger charge is 2.25. The first-order chi connectivity index (χ1) is 9.65. The number of aromatic nitrogens is 2. The van der Waals surface area contributed by atoms with Gasteiger partial charge in [-0.25, -0.2) is 0 Å². The summed E-state index contributed by atoms with van der Waals surface area (Å²) in [5.74, 6) is 1.38. The molecule has 0 spiro atoms. The lowest BCUT2D eigenvalue weighted by atomic mass is 10.0. The van der Waals surface area contributed by atoms with Crippen LogP contribution in [0.2, 0.25) is 0 Å². The summed E-state index contributed by atoms with van der Waals surface area (Å²) < 4.78 is 10.9. The van der Waals surface area contributed by atoms with E-state index in [1.807, 2.05) is 24.3 Å². The van der Waals surface area contributed by atoms with E-state index < -0.39 is 0 Å². The summed E-state index contributed by atoms with van der Waals surface area (Å²) in [6.07, 6.45) is 0.850. The molecular weight excluding hydrogens is 274 g/mol. The Kier molecular flexibility index (Phi) is 5.03. The minimum atomic E-state index is -0.0245. The summed E-state index contributed by atoms with van der Waals surface area (Å²) in [5.41, 5.74) is 7.31. The van der Waals surface area contributed by atoms with Crippen molar-refractivity contribution in [3.63, 3.8) is 0 Å². The zero-order chi connectivity index (χ0) is 14.5. The number of rotatable bonds is 6. The van der Waals surface area contributed by atoms with Crippen LogP contribution in [0.4, 0.5) is 0 Å². The van der Waals surface area contributed by atoms with Gasteiger partial charge in [-0.3, -0.25) is 0 Å². The fraction of sp³-hybridized carbons (Fsp3) is 0.429. The number of hydrogen-bond donors (Lipinski definition) is 1. The molecule has 6 heteroatoms. The van der Waals surface area contributed by atoms with Crippen molar-refractivity contribution in [1.82, 2.24) is 10.2 Å². The molecule has 2 rings (SSSR count). The maximum atomic E-state index is 6.26. The quantitative estimate of drug-likeness (QED) is 0.825. The highest BCUT2D eigenvalue weighted by Crippen LogP contribution is 2.41. The highest BCUT2D eigenvalue weighted by molar-refractivity contribution is 7.99. The number of nitrogens with two attached hydrogens (primary N) is 1. The summed E-state index contributed by atoms with van der Waals surface area (Å²) in [6.45, 7) is 3.83. The molecule has 2 unspecified atom stereocenters. The number of benzene rings is 1. The number of aryl methyl sites for hydroxylation is 1. The van der Waals surface area contributed by atoms with Crippen LogP contribution in [0.1, 0.15) is 30.0 Å². The maximum absolute atomic E-state index is 6.26. The van der Waals surface area contributed by atoms with Crippen molar-refractivity contribution in [3.05, 3.63) is 35.7 Å². The molecule has 0 saturated carbocycles. The van der Waals surface area contributed by atoms with Gasteiger partial charge in [0.25, 0.3) is 5.22 Å². The predicted octanol–water partition coefficient (Wildman–Crippen LogP) is 2.96. The van der Waals surface area contributed by atoms with Crippen molar-refractivity contribution in [3.8, 4) is 5.75 Å². The molecule has 0 amide bonds. The van der Waals surface area contributed by atoms with Crippen LogP contribution in [-0.4, -0.2) is 23.3 Å². The standard InChI is InChI=1S/C14H19N3O2S/c1-4-11(15)13(20-14-17-16-9(2)19-14)10-7-5-6-8-12(10)18-3/h5-8,11,13H,4,15H2,1-3H3. The van der Waals surface area contributed by atoms with Crippen molar-refractivity contribution in [2.75, 3.05) is 7.11 Å². The van der Waals surface area contributed by atoms with Crippen molar-refractivity contribution in [1.29, 1.82) is 0 Å². The van der Waals surface area contributed by atoms with Crippen LogP contribution in [-0.2, 0) is 0 Å². The predicted molar refractivity (Wildman–Crippen MR) is 78.9 cm³/mol. The molecule has 2 N–H and O–H groups in total. The van der Waals surface area contributed by atoms with Crippen LogP contribution in [0, 0.1) is 6.92 Å². The van der Waals surface area contributed by atoms with Crippen LogP contribution in [0.5, 0.6) is 5.75 Å². The van der Waals surface area contributed by atoms with E-state index in [1.165, 1.54) is 11.8 Å². The molecule has 1 aromatic carbocycles.